The van der Waals surface area contributed by atoms with Crippen LogP contribution in [0, 0.1) is 5.92 Å². The van der Waals surface area contributed by atoms with Crippen LogP contribution >= 0.6 is 0 Å². The van der Waals surface area contributed by atoms with Gasteiger partial charge in [-0.3, -0.25) is 0 Å². The van der Waals surface area contributed by atoms with E-state index in [0.717, 1.165) is 0 Å². The second kappa shape index (κ2) is 4.70. The lowest BCUT2D eigenvalue weighted by molar-refractivity contribution is -0.264. The summed E-state index contributed by atoms with van der Waals surface area (Å²) in [5, 5.41) is 36.1. The van der Waals surface area contributed by atoms with Crippen molar-refractivity contribution in [1.82, 2.24) is 0 Å². The first-order valence-corrected chi connectivity index (χ1v) is 3.87. The number of aliphatic carboxylic acids is 1. The van der Waals surface area contributed by atoms with Gasteiger partial charge in [-0.05, 0) is 0 Å². The van der Waals surface area contributed by atoms with Gasteiger partial charge in [0.05, 0.1) is 6.10 Å². The van der Waals surface area contributed by atoms with E-state index in [1.165, 1.54) is 6.92 Å². The Balaban J connectivity index is 0.00000169. The largest absolute Gasteiger partial charge is 0.479 e. The van der Waals surface area contributed by atoms with Crippen molar-refractivity contribution in [2.75, 3.05) is 0 Å². The molecule has 5 unspecified atom stereocenters. The molecule has 14 heavy (non-hydrogen) atoms. The SMILES string of the molecule is C.CC1C(O)C(O)OC(C(=O)O)C1O. The Morgan fingerprint density at radius 1 is 1.21 bits per heavy atom. The molecule has 0 radical (unpaired) electrons. The Morgan fingerprint density at radius 2 is 1.71 bits per heavy atom. The number of rotatable bonds is 1. The molecule has 0 aromatic rings. The standard InChI is InChI=1S/C7H12O6.CH4/c1-2-3(8)5(6(10)11)13-7(12)4(2)9;/h2-5,7-9,12H,1H3,(H,10,11);1H4. The number of aliphatic hydroxyl groups excluding tert-OH is 3. The highest BCUT2D eigenvalue weighted by molar-refractivity contribution is 5.73. The third-order valence-corrected chi connectivity index (χ3v) is 2.21. The van der Waals surface area contributed by atoms with Crippen LogP contribution in [0.2, 0.25) is 0 Å². The second-order valence-corrected chi connectivity index (χ2v) is 3.13. The summed E-state index contributed by atoms with van der Waals surface area (Å²) in [7, 11) is 0. The van der Waals surface area contributed by atoms with Crippen molar-refractivity contribution >= 4 is 5.97 Å². The summed E-state index contributed by atoms with van der Waals surface area (Å²) in [6, 6.07) is 0. The Bertz CT molecular complexity index is 206. The van der Waals surface area contributed by atoms with Gasteiger partial charge in [-0.15, -0.1) is 0 Å². The highest BCUT2D eigenvalue weighted by atomic mass is 16.6. The summed E-state index contributed by atoms with van der Waals surface area (Å²) < 4.78 is 4.50. The molecule has 84 valence electrons. The van der Waals surface area contributed by atoms with E-state index in [1.54, 1.807) is 0 Å². The van der Waals surface area contributed by atoms with Crippen molar-refractivity contribution < 1.29 is 30.0 Å². The molecular weight excluding hydrogens is 192 g/mol. The molecule has 6 heteroatoms. The minimum Gasteiger partial charge on any atom is -0.479 e. The molecule has 1 heterocycles. The average Bonchev–Trinajstić information content (AvgIpc) is 2.07. The van der Waals surface area contributed by atoms with E-state index >= 15 is 0 Å². The molecule has 6 nitrogen and oxygen atoms in total. The maximum Gasteiger partial charge on any atom is 0.335 e. The number of hydrogen-bond donors (Lipinski definition) is 4. The van der Waals surface area contributed by atoms with Gasteiger partial charge < -0.3 is 25.2 Å². The van der Waals surface area contributed by atoms with Crippen LogP contribution in [0.4, 0.5) is 0 Å². The van der Waals surface area contributed by atoms with Gasteiger partial charge in [0.15, 0.2) is 12.4 Å². The maximum atomic E-state index is 10.5. The third-order valence-electron chi connectivity index (χ3n) is 2.21. The topological polar surface area (TPSA) is 107 Å². The first-order valence-electron chi connectivity index (χ1n) is 3.87. The van der Waals surface area contributed by atoms with Crippen LogP contribution in [0.5, 0.6) is 0 Å². The molecule has 1 rings (SSSR count). The zero-order chi connectivity index (χ0) is 10.2. The maximum absolute atomic E-state index is 10.5. The van der Waals surface area contributed by atoms with Crippen LogP contribution in [-0.2, 0) is 9.53 Å². The molecule has 0 bridgehead atoms. The second-order valence-electron chi connectivity index (χ2n) is 3.13. The van der Waals surface area contributed by atoms with E-state index in [2.05, 4.69) is 4.74 Å². The van der Waals surface area contributed by atoms with Gasteiger partial charge in [-0.2, -0.15) is 0 Å². The molecule has 1 aliphatic heterocycles. The van der Waals surface area contributed by atoms with Gasteiger partial charge in [0, 0.05) is 5.92 Å². The third kappa shape index (κ3) is 2.21. The fraction of sp³-hybridized carbons (Fsp3) is 0.875. The number of aliphatic hydroxyl groups is 3. The monoisotopic (exact) mass is 208 g/mol. The predicted octanol–water partition coefficient (Wildman–Crippen LogP) is -1.22. The van der Waals surface area contributed by atoms with E-state index in [9.17, 15) is 15.0 Å². The molecule has 4 N–H and O–H groups in total. The summed E-state index contributed by atoms with van der Waals surface area (Å²) >= 11 is 0. The Labute approximate surface area is 81.7 Å². The first-order chi connectivity index (χ1) is 5.95. The molecule has 1 fully saturated rings. The molecule has 0 aliphatic carbocycles. The van der Waals surface area contributed by atoms with Gasteiger partial charge in [0.25, 0.3) is 0 Å². The molecule has 0 aromatic carbocycles. The minimum absolute atomic E-state index is 0. The summed E-state index contributed by atoms with van der Waals surface area (Å²) in [5.74, 6) is -2.09. The Kier molecular flexibility index (Phi) is 4.47. The number of hydrogen-bond acceptors (Lipinski definition) is 5. The molecule has 0 amide bonds. The van der Waals surface area contributed by atoms with Crippen molar-refractivity contribution in [3.8, 4) is 0 Å². The van der Waals surface area contributed by atoms with Gasteiger partial charge in [-0.25, -0.2) is 4.79 Å². The quantitative estimate of drug-likeness (QED) is 0.430. The summed E-state index contributed by atoms with van der Waals surface area (Å²) in [6.07, 6.45) is -5.60. The van der Waals surface area contributed by atoms with E-state index < -0.39 is 36.5 Å². The first kappa shape index (κ1) is 13.3. The van der Waals surface area contributed by atoms with Crippen LogP contribution in [0.1, 0.15) is 14.4 Å². The highest BCUT2D eigenvalue weighted by Gasteiger charge is 2.44. The van der Waals surface area contributed by atoms with E-state index in [0.29, 0.717) is 0 Å². The number of carboxylic acid groups (broad SMARTS) is 1. The average molecular weight is 208 g/mol. The Hall–Kier alpha value is -0.690. The van der Waals surface area contributed by atoms with Crippen molar-refractivity contribution in [3.05, 3.63) is 0 Å². The zero-order valence-electron chi connectivity index (χ0n) is 6.99. The molecule has 0 spiro atoms. The molecule has 1 aliphatic rings. The van der Waals surface area contributed by atoms with E-state index in [1.807, 2.05) is 0 Å². The van der Waals surface area contributed by atoms with Gasteiger partial charge in [-0.1, -0.05) is 14.4 Å². The summed E-state index contributed by atoms with van der Waals surface area (Å²) in [6.45, 7) is 1.44. The normalized spacial score (nSPS) is 42.7. The highest BCUT2D eigenvalue weighted by Crippen LogP contribution is 2.24. The summed E-state index contributed by atoms with van der Waals surface area (Å²) in [5.41, 5.74) is 0. The number of carboxylic acids is 1. The van der Waals surface area contributed by atoms with Crippen molar-refractivity contribution in [2.45, 2.75) is 39.0 Å². The number of carbonyl (C=O) groups is 1. The van der Waals surface area contributed by atoms with Crippen LogP contribution in [-0.4, -0.2) is 51.0 Å². The van der Waals surface area contributed by atoms with Crippen molar-refractivity contribution in [1.29, 1.82) is 0 Å². The van der Waals surface area contributed by atoms with Crippen molar-refractivity contribution in [3.63, 3.8) is 0 Å². The molecule has 0 aromatic heterocycles. The smallest absolute Gasteiger partial charge is 0.335 e. The fourth-order valence-corrected chi connectivity index (χ4v) is 1.25. The molecule has 5 atom stereocenters. The van der Waals surface area contributed by atoms with Gasteiger partial charge >= 0.3 is 5.97 Å². The lowest BCUT2D eigenvalue weighted by atomic mass is 9.91. The van der Waals surface area contributed by atoms with E-state index in [4.69, 9.17) is 10.2 Å². The fourth-order valence-electron chi connectivity index (χ4n) is 1.25. The van der Waals surface area contributed by atoms with E-state index in [-0.39, 0.29) is 7.43 Å². The lowest BCUT2D eigenvalue weighted by Gasteiger charge is -2.37. The van der Waals surface area contributed by atoms with Crippen LogP contribution in [0.25, 0.3) is 0 Å². The summed E-state index contributed by atoms with van der Waals surface area (Å²) in [4.78, 5) is 10.5. The van der Waals surface area contributed by atoms with Crippen LogP contribution in [0.15, 0.2) is 0 Å². The molecular formula is C8H16O6. The molecule has 0 saturated carbocycles. The molecule has 1 saturated heterocycles. The van der Waals surface area contributed by atoms with Gasteiger partial charge in [0.1, 0.15) is 6.10 Å². The lowest BCUT2D eigenvalue weighted by Crippen LogP contribution is -2.55. The van der Waals surface area contributed by atoms with Gasteiger partial charge in [0.2, 0.25) is 0 Å². The zero-order valence-corrected chi connectivity index (χ0v) is 6.99. The van der Waals surface area contributed by atoms with Crippen LogP contribution < -0.4 is 0 Å². The number of ether oxygens (including phenoxy) is 1. The van der Waals surface area contributed by atoms with Crippen LogP contribution in [0.3, 0.4) is 0 Å². The van der Waals surface area contributed by atoms with Crippen molar-refractivity contribution in [2.24, 2.45) is 5.92 Å². The Morgan fingerprint density at radius 3 is 2.14 bits per heavy atom. The predicted molar refractivity (Wildman–Crippen MR) is 46.4 cm³/mol. The minimum atomic E-state index is -1.56.